The average Bonchev–Trinajstić information content (AvgIpc) is 3.11. The van der Waals surface area contributed by atoms with Crippen LogP contribution in [0.25, 0.3) is 0 Å². The molecule has 1 saturated carbocycles. The molecular weight excluding hydrogens is 307 g/mol. The lowest BCUT2D eigenvalue weighted by Gasteiger charge is -2.30. The van der Waals surface area contributed by atoms with Crippen molar-refractivity contribution in [2.75, 3.05) is 19.6 Å². The van der Waals surface area contributed by atoms with Gasteiger partial charge < -0.3 is 10.4 Å². The van der Waals surface area contributed by atoms with Crippen LogP contribution in [0.1, 0.15) is 50.2 Å². The molecule has 1 aliphatic carbocycles. The molecule has 1 saturated heterocycles. The van der Waals surface area contributed by atoms with Crippen LogP contribution in [-0.4, -0.2) is 41.6 Å². The van der Waals surface area contributed by atoms with Crippen molar-refractivity contribution in [3.63, 3.8) is 0 Å². The van der Waals surface area contributed by atoms with Crippen molar-refractivity contribution in [3.8, 4) is 0 Å². The maximum Gasteiger partial charge on any atom is 0.224 e. The summed E-state index contributed by atoms with van der Waals surface area (Å²) in [5, 5.41) is 13.0. The molecule has 2 aliphatic rings. The molecule has 2 fully saturated rings. The van der Waals surface area contributed by atoms with Crippen LogP contribution in [0.3, 0.4) is 0 Å². The van der Waals surface area contributed by atoms with E-state index in [4.69, 9.17) is 0 Å². The number of hydrogen-bond donors (Lipinski definition) is 2. The summed E-state index contributed by atoms with van der Waals surface area (Å²) in [6.07, 6.45) is 6.58. The van der Waals surface area contributed by atoms with Crippen molar-refractivity contribution in [3.05, 3.63) is 35.6 Å². The molecule has 2 unspecified atom stereocenters. The van der Waals surface area contributed by atoms with E-state index in [2.05, 4.69) is 10.2 Å². The van der Waals surface area contributed by atoms with E-state index in [1.165, 1.54) is 44.2 Å². The number of nitrogens with zero attached hydrogens (tertiary/aromatic N) is 1. The highest BCUT2D eigenvalue weighted by molar-refractivity contribution is 5.79. The molecule has 0 aromatic heterocycles. The lowest BCUT2D eigenvalue weighted by atomic mass is 9.94. The average molecular weight is 334 g/mol. The Hall–Kier alpha value is -1.46. The molecule has 5 heteroatoms. The van der Waals surface area contributed by atoms with Gasteiger partial charge in [-0.05, 0) is 43.5 Å². The maximum absolute atomic E-state index is 12.9. The second-order valence-electron chi connectivity index (χ2n) is 7.08. The third-order valence-corrected chi connectivity index (χ3v) is 5.41. The molecule has 2 atom stereocenters. The molecule has 2 N–H and O–H groups in total. The van der Waals surface area contributed by atoms with Crippen molar-refractivity contribution >= 4 is 5.91 Å². The minimum absolute atomic E-state index is 0.0207. The fourth-order valence-electron chi connectivity index (χ4n) is 3.92. The van der Waals surface area contributed by atoms with Gasteiger partial charge in [-0.3, -0.25) is 9.69 Å². The lowest BCUT2D eigenvalue weighted by molar-refractivity contribution is -0.125. The summed E-state index contributed by atoms with van der Waals surface area (Å²) in [7, 11) is 0. The van der Waals surface area contributed by atoms with Crippen molar-refractivity contribution in [1.82, 2.24) is 10.2 Å². The molecule has 1 aromatic carbocycles. The number of aliphatic hydroxyl groups excluding tert-OH is 1. The van der Waals surface area contributed by atoms with Crippen LogP contribution in [-0.2, 0) is 4.79 Å². The number of nitrogens with one attached hydrogen (secondary N) is 1. The van der Waals surface area contributed by atoms with Gasteiger partial charge >= 0.3 is 0 Å². The minimum Gasteiger partial charge on any atom is -0.387 e. The number of benzene rings is 1. The van der Waals surface area contributed by atoms with Crippen LogP contribution in [0.4, 0.5) is 4.39 Å². The highest BCUT2D eigenvalue weighted by Crippen LogP contribution is 2.27. The summed E-state index contributed by atoms with van der Waals surface area (Å²) < 4.78 is 12.9. The third kappa shape index (κ3) is 4.33. The zero-order valence-corrected chi connectivity index (χ0v) is 14.1. The molecule has 1 aromatic rings. The number of carbonyl (C=O) groups excluding carboxylic acids is 1. The number of rotatable bonds is 5. The van der Waals surface area contributed by atoms with Crippen LogP contribution >= 0.6 is 0 Å². The molecule has 0 radical (unpaired) electrons. The van der Waals surface area contributed by atoms with Gasteiger partial charge in [-0.15, -0.1) is 0 Å². The largest absolute Gasteiger partial charge is 0.387 e. The van der Waals surface area contributed by atoms with Gasteiger partial charge in [0.15, 0.2) is 0 Å². The maximum atomic E-state index is 12.9. The molecule has 1 amide bonds. The molecular formula is C19H27FN2O2. The van der Waals surface area contributed by atoms with Crippen LogP contribution in [0.15, 0.2) is 24.3 Å². The lowest BCUT2D eigenvalue weighted by Crippen LogP contribution is -2.38. The Balaban J connectivity index is 1.44. The zero-order valence-electron chi connectivity index (χ0n) is 14.1. The smallest absolute Gasteiger partial charge is 0.224 e. The Kier molecular flexibility index (Phi) is 5.85. The Bertz CT molecular complexity index is 543. The molecule has 1 heterocycles. The van der Waals surface area contributed by atoms with E-state index in [0.717, 1.165) is 19.5 Å². The third-order valence-electron chi connectivity index (χ3n) is 5.41. The standard InChI is InChI=1S/C19H27FN2O2/c20-16-8-6-14(7-9-16)18(23)12-21-19(24)15-10-11-22(13-15)17-4-2-1-3-5-17/h6-9,15,17-18,23H,1-5,10-13H2,(H,21,24). The van der Waals surface area contributed by atoms with Gasteiger partial charge in [-0.25, -0.2) is 4.39 Å². The van der Waals surface area contributed by atoms with Crippen molar-refractivity contribution in [1.29, 1.82) is 0 Å². The first-order chi connectivity index (χ1) is 11.6. The summed E-state index contributed by atoms with van der Waals surface area (Å²) in [6, 6.07) is 6.39. The number of aliphatic hydroxyl groups is 1. The van der Waals surface area contributed by atoms with Crippen LogP contribution in [0.5, 0.6) is 0 Å². The predicted molar refractivity (Wildman–Crippen MR) is 90.9 cm³/mol. The normalized spacial score (nSPS) is 24.0. The van der Waals surface area contributed by atoms with Crippen LogP contribution in [0, 0.1) is 11.7 Å². The fourth-order valence-corrected chi connectivity index (χ4v) is 3.92. The van der Waals surface area contributed by atoms with E-state index in [9.17, 15) is 14.3 Å². The first kappa shape index (κ1) is 17.4. The quantitative estimate of drug-likeness (QED) is 0.870. The molecule has 24 heavy (non-hydrogen) atoms. The van der Waals surface area contributed by atoms with Crippen molar-refractivity contribution in [2.24, 2.45) is 5.92 Å². The Labute approximate surface area is 143 Å². The SMILES string of the molecule is O=C(NCC(O)c1ccc(F)cc1)C1CCN(C2CCCCC2)C1. The van der Waals surface area contributed by atoms with Crippen molar-refractivity contribution < 1.29 is 14.3 Å². The van der Waals surface area contributed by atoms with E-state index in [1.54, 1.807) is 12.1 Å². The second kappa shape index (κ2) is 8.08. The Morgan fingerprint density at radius 1 is 1.21 bits per heavy atom. The predicted octanol–water partition coefficient (Wildman–Crippen LogP) is 2.63. The summed E-state index contributed by atoms with van der Waals surface area (Å²) in [4.78, 5) is 14.8. The summed E-state index contributed by atoms with van der Waals surface area (Å²) in [5.74, 6) is -0.287. The number of amides is 1. The van der Waals surface area contributed by atoms with E-state index in [1.807, 2.05) is 0 Å². The van der Waals surface area contributed by atoms with Gasteiger partial charge in [0, 0.05) is 19.1 Å². The highest BCUT2D eigenvalue weighted by atomic mass is 19.1. The van der Waals surface area contributed by atoms with Gasteiger partial charge in [0.25, 0.3) is 0 Å². The zero-order chi connectivity index (χ0) is 16.9. The molecule has 0 spiro atoms. The van der Waals surface area contributed by atoms with Gasteiger partial charge in [0.2, 0.25) is 5.91 Å². The number of hydrogen-bond acceptors (Lipinski definition) is 3. The molecule has 132 valence electrons. The Morgan fingerprint density at radius 3 is 2.62 bits per heavy atom. The minimum atomic E-state index is -0.801. The Morgan fingerprint density at radius 2 is 1.92 bits per heavy atom. The van der Waals surface area contributed by atoms with E-state index >= 15 is 0 Å². The number of halogens is 1. The number of likely N-dealkylation sites (tertiary alicyclic amines) is 1. The van der Waals surface area contributed by atoms with E-state index in [0.29, 0.717) is 11.6 Å². The second-order valence-corrected chi connectivity index (χ2v) is 7.08. The highest BCUT2D eigenvalue weighted by Gasteiger charge is 2.32. The number of carbonyl (C=O) groups is 1. The fraction of sp³-hybridized carbons (Fsp3) is 0.632. The molecule has 4 nitrogen and oxygen atoms in total. The molecule has 3 rings (SSSR count). The summed E-state index contributed by atoms with van der Waals surface area (Å²) in [6.45, 7) is 2.01. The first-order valence-electron chi connectivity index (χ1n) is 9.09. The summed E-state index contributed by atoms with van der Waals surface area (Å²) >= 11 is 0. The van der Waals surface area contributed by atoms with Gasteiger partial charge in [0.05, 0.1) is 12.0 Å². The van der Waals surface area contributed by atoms with E-state index in [-0.39, 0.29) is 24.2 Å². The molecule has 0 bridgehead atoms. The monoisotopic (exact) mass is 334 g/mol. The first-order valence-corrected chi connectivity index (χ1v) is 9.09. The summed E-state index contributed by atoms with van der Waals surface area (Å²) in [5.41, 5.74) is 0.618. The van der Waals surface area contributed by atoms with Crippen LogP contribution < -0.4 is 5.32 Å². The van der Waals surface area contributed by atoms with Gasteiger partial charge in [-0.2, -0.15) is 0 Å². The van der Waals surface area contributed by atoms with Crippen molar-refractivity contribution in [2.45, 2.75) is 50.7 Å². The topological polar surface area (TPSA) is 52.6 Å². The van der Waals surface area contributed by atoms with E-state index < -0.39 is 6.10 Å². The van der Waals surface area contributed by atoms with Gasteiger partial charge in [-0.1, -0.05) is 31.4 Å². The van der Waals surface area contributed by atoms with Crippen LogP contribution in [0.2, 0.25) is 0 Å². The molecule has 1 aliphatic heterocycles. The van der Waals surface area contributed by atoms with Gasteiger partial charge in [0.1, 0.15) is 5.82 Å².